The number of allylic oxidation sites excluding steroid dienone is 1. The van der Waals surface area contributed by atoms with E-state index in [1.54, 1.807) is 0 Å². The first kappa shape index (κ1) is 8.69. The van der Waals surface area contributed by atoms with Crippen molar-refractivity contribution in [2.45, 2.75) is 39.0 Å². The summed E-state index contributed by atoms with van der Waals surface area (Å²) in [7, 11) is 0. The first-order valence-corrected chi connectivity index (χ1v) is 3.90. The molecule has 0 saturated heterocycles. The van der Waals surface area contributed by atoms with Gasteiger partial charge in [-0.1, -0.05) is 20.4 Å². The quantitative estimate of drug-likeness (QED) is 0.476. The molecule has 11 heavy (non-hydrogen) atoms. The van der Waals surface area contributed by atoms with Gasteiger partial charge in [-0.25, -0.2) is 8.78 Å². The molecule has 0 unspecified atom stereocenters. The number of hydrogen-bond acceptors (Lipinski definition) is 0. The Morgan fingerprint density at radius 2 is 1.82 bits per heavy atom. The third kappa shape index (κ3) is 1.79. The Balaban J connectivity index is 2.71. The average Bonchev–Trinajstić information content (AvgIpc) is 1.81. The molecule has 2 heteroatoms. The zero-order valence-electron chi connectivity index (χ0n) is 7.08. The van der Waals surface area contributed by atoms with E-state index in [1.165, 1.54) is 0 Å². The highest BCUT2D eigenvalue weighted by Gasteiger charge is 2.41. The Morgan fingerprint density at radius 3 is 2.18 bits per heavy atom. The molecule has 1 aliphatic rings. The maximum atomic E-state index is 12.8. The van der Waals surface area contributed by atoms with E-state index in [9.17, 15) is 8.78 Å². The van der Waals surface area contributed by atoms with E-state index < -0.39 is 5.92 Å². The van der Waals surface area contributed by atoms with Gasteiger partial charge in [-0.3, -0.25) is 0 Å². The molecular formula is C9H14F2. The van der Waals surface area contributed by atoms with E-state index in [-0.39, 0.29) is 17.4 Å². The second kappa shape index (κ2) is 2.29. The summed E-state index contributed by atoms with van der Waals surface area (Å²) in [4.78, 5) is 0. The van der Waals surface area contributed by atoms with Gasteiger partial charge in [-0.15, -0.1) is 0 Å². The van der Waals surface area contributed by atoms with Gasteiger partial charge < -0.3 is 0 Å². The lowest BCUT2D eigenvalue weighted by Gasteiger charge is -2.35. The first-order valence-electron chi connectivity index (χ1n) is 3.90. The van der Waals surface area contributed by atoms with E-state index in [0.29, 0.717) is 12.8 Å². The van der Waals surface area contributed by atoms with E-state index >= 15 is 0 Å². The second-order valence-electron chi connectivity index (χ2n) is 4.15. The van der Waals surface area contributed by atoms with Crippen LogP contribution in [-0.4, -0.2) is 5.92 Å². The van der Waals surface area contributed by atoms with Gasteiger partial charge in [0.15, 0.2) is 0 Å². The van der Waals surface area contributed by atoms with Gasteiger partial charge >= 0.3 is 0 Å². The summed E-state index contributed by atoms with van der Waals surface area (Å²) in [5.74, 6) is -2.60. The zero-order valence-corrected chi connectivity index (χ0v) is 7.08. The molecule has 64 valence electrons. The van der Waals surface area contributed by atoms with E-state index in [1.807, 2.05) is 13.8 Å². The summed E-state index contributed by atoms with van der Waals surface area (Å²) in [5.41, 5.74) is 0.132. The Morgan fingerprint density at radius 1 is 1.27 bits per heavy atom. The molecule has 0 aromatic carbocycles. The third-order valence-corrected chi connectivity index (χ3v) is 2.32. The van der Waals surface area contributed by atoms with Crippen LogP contribution in [0.2, 0.25) is 0 Å². The van der Waals surface area contributed by atoms with Crippen molar-refractivity contribution in [3.05, 3.63) is 12.2 Å². The highest BCUT2D eigenvalue weighted by Crippen LogP contribution is 2.45. The van der Waals surface area contributed by atoms with Gasteiger partial charge in [0.05, 0.1) is 0 Å². The zero-order chi connectivity index (χ0) is 8.70. The average molecular weight is 160 g/mol. The minimum atomic E-state index is -2.60. The number of alkyl halides is 2. The van der Waals surface area contributed by atoms with Crippen LogP contribution in [0, 0.1) is 5.41 Å². The standard InChI is InChI=1S/C9H14F2/c1-7-6-8(2,3)4-5-9(7,10)11/h1,4-6H2,2-3H3. The fourth-order valence-electron chi connectivity index (χ4n) is 1.47. The molecule has 1 rings (SSSR count). The van der Waals surface area contributed by atoms with Crippen molar-refractivity contribution in [2.24, 2.45) is 5.41 Å². The molecule has 0 atom stereocenters. The monoisotopic (exact) mass is 160 g/mol. The molecule has 0 heterocycles. The van der Waals surface area contributed by atoms with Gasteiger partial charge in [-0.05, 0) is 23.8 Å². The summed E-state index contributed by atoms with van der Waals surface area (Å²) < 4.78 is 25.7. The maximum Gasteiger partial charge on any atom is 0.269 e. The van der Waals surface area contributed by atoms with Crippen LogP contribution < -0.4 is 0 Å². The lowest BCUT2D eigenvalue weighted by atomic mass is 9.74. The van der Waals surface area contributed by atoms with Crippen molar-refractivity contribution in [2.75, 3.05) is 0 Å². The summed E-state index contributed by atoms with van der Waals surface area (Å²) in [5, 5.41) is 0. The van der Waals surface area contributed by atoms with E-state index in [0.717, 1.165) is 0 Å². The fraction of sp³-hybridized carbons (Fsp3) is 0.778. The lowest BCUT2D eigenvalue weighted by molar-refractivity contribution is -0.00839. The Kier molecular flexibility index (Phi) is 1.81. The van der Waals surface area contributed by atoms with Crippen LogP contribution in [0.4, 0.5) is 8.78 Å². The molecule has 0 aliphatic heterocycles. The fourth-order valence-corrected chi connectivity index (χ4v) is 1.47. The third-order valence-electron chi connectivity index (χ3n) is 2.32. The van der Waals surface area contributed by atoms with Crippen molar-refractivity contribution in [3.8, 4) is 0 Å². The van der Waals surface area contributed by atoms with Crippen molar-refractivity contribution >= 4 is 0 Å². The van der Waals surface area contributed by atoms with Crippen molar-refractivity contribution in [1.29, 1.82) is 0 Å². The lowest BCUT2D eigenvalue weighted by Crippen LogP contribution is -2.31. The number of hydrogen-bond donors (Lipinski definition) is 0. The molecule has 1 aliphatic carbocycles. The first-order chi connectivity index (χ1) is 4.83. The predicted molar refractivity (Wildman–Crippen MR) is 41.7 cm³/mol. The van der Waals surface area contributed by atoms with Crippen LogP contribution >= 0.6 is 0 Å². The SMILES string of the molecule is C=C1CC(C)(C)CCC1(F)F. The molecular weight excluding hydrogens is 146 g/mol. The Hall–Kier alpha value is -0.400. The molecule has 0 amide bonds. The number of halogens is 2. The largest absolute Gasteiger partial charge is 0.269 e. The van der Waals surface area contributed by atoms with Crippen LogP contribution in [-0.2, 0) is 0 Å². The van der Waals surface area contributed by atoms with Crippen LogP contribution in [0.3, 0.4) is 0 Å². The molecule has 0 N–H and O–H groups in total. The molecule has 0 aromatic heterocycles. The molecule has 1 fully saturated rings. The van der Waals surface area contributed by atoms with E-state index in [2.05, 4.69) is 6.58 Å². The van der Waals surface area contributed by atoms with Gasteiger partial charge in [0.1, 0.15) is 0 Å². The Bertz CT molecular complexity index is 180. The molecule has 0 nitrogen and oxygen atoms in total. The summed E-state index contributed by atoms with van der Waals surface area (Å²) in [6.07, 6.45) is 1.03. The van der Waals surface area contributed by atoms with Gasteiger partial charge in [-0.2, -0.15) is 0 Å². The minimum Gasteiger partial charge on any atom is -0.202 e. The van der Waals surface area contributed by atoms with Gasteiger partial charge in [0.25, 0.3) is 5.92 Å². The van der Waals surface area contributed by atoms with Crippen LogP contribution in [0.25, 0.3) is 0 Å². The summed E-state index contributed by atoms with van der Waals surface area (Å²) >= 11 is 0. The van der Waals surface area contributed by atoms with Crippen molar-refractivity contribution in [3.63, 3.8) is 0 Å². The topological polar surface area (TPSA) is 0 Å². The number of rotatable bonds is 0. The van der Waals surface area contributed by atoms with Gasteiger partial charge in [0, 0.05) is 6.42 Å². The van der Waals surface area contributed by atoms with Gasteiger partial charge in [0.2, 0.25) is 0 Å². The van der Waals surface area contributed by atoms with Crippen LogP contribution in [0.15, 0.2) is 12.2 Å². The normalized spacial score (nSPS) is 28.5. The van der Waals surface area contributed by atoms with Crippen molar-refractivity contribution in [1.82, 2.24) is 0 Å². The minimum absolute atomic E-state index is 0.0266. The van der Waals surface area contributed by atoms with Crippen LogP contribution in [0.5, 0.6) is 0 Å². The molecule has 0 spiro atoms. The summed E-state index contributed by atoms with van der Waals surface area (Å²) in [6.45, 7) is 7.43. The maximum absolute atomic E-state index is 12.8. The Labute approximate surface area is 66.3 Å². The van der Waals surface area contributed by atoms with Crippen molar-refractivity contribution < 1.29 is 8.78 Å². The van der Waals surface area contributed by atoms with E-state index in [4.69, 9.17) is 0 Å². The smallest absolute Gasteiger partial charge is 0.202 e. The molecule has 1 saturated carbocycles. The molecule has 0 radical (unpaired) electrons. The predicted octanol–water partition coefficient (Wildman–Crippen LogP) is 3.39. The molecule has 0 bridgehead atoms. The highest BCUT2D eigenvalue weighted by atomic mass is 19.3. The second-order valence-corrected chi connectivity index (χ2v) is 4.15. The molecule has 0 aromatic rings. The van der Waals surface area contributed by atoms with Crippen LogP contribution in [0.1, 0.15) is 33.1 Å². The summed E-state index contributed by atoms with van der Waals surface area (Å²) in [6, 6.07) is 0. The highest BCUT2D eigenvalue weighted by molar-refractivity contribution is 5.13.